The van der Waals surface area contributed by atoms with Crippen molar-refractivity contribution in [1.29, 1.82) is 5.26 Å². The molecule has 9 heteroatoms. The van der Waals surface area contributed by atoms with E-state index in [4.69, 9.17) is 0 Å². The summed E-state index contributed by atoms with van der Waals surface area (Å²) in [5.74, 6) is 0.708. The predicted octanol–water partition coefficient (Wildman–Crippen LogP) is 4.91. The predicted molar refractivity (Wildman–Crippen MR) is 128 cm³/mol. The number of halogens is 3. The van der Waals surface area contributed by atoms with E-state index in [1.807, 2.05) is 34.7 Å². The first-order chi connectivity index (χ1) is 16.8. The molecule has 180 valence electrons. The van der Waals surface area contributed by atoms with Crippen LogP contribution in [-0.4, -0.2) is 51.7 Å². The largest absolute Gasteiger partial charge is 0.416 e. The summed E-state index contributed by atoms with van der Waals surface area (Å²) >= 11 is 0. The molecule has 1 fully saturated rings. The van der Waals surface area contributed by atoms with Gasteiger partial charge >= 0.3 is 6.18 Å². The van der Waals surface area contributed by atoms with Crippen molar-refractivity contribution in [1.82, 2.24) is 14.3 Å². The van der Waals surface area contributed by atoms with Crippen LogP contribution in [0.15, 0.2) is 54.6 Å². The summed E-state index contributed by atoms with van der Waals surface area (Å²) in [6.07, 6.45) is -3.16. The summed E-state index contributed by atoms with van der Waals surface area (Å²) < 4.78 is 41.1. The zero-order valence-electron chi connectivity index (χ0n) is 18.9. The maximum Gasteiger partial charge on any atom is 0.416 e. The molecule has 5 rings (SSSR count). The lowest BCUT2D eigenvalue weighted by molar-refractivity contribution is -0.137. The fourth-order valence-electron chi connectivity index (χ4n) is 4.62. The van der Waals surface area contributed by atoms with E-state index >= 15 is 0 Å². The minimum absolute atomic E-state index is 0.235. The number of anilines is 1. The second-order valence-corrected chi connectivity index (χ2v) is 8.76. The molecule has 1 aliphatic rings. The first-order valence-electron chi connectivity index (χ1n) is 11.5. The van der Waals surface area contributed by atoms with Gasteiger partial charge in [0.2, 0.25) is 0 Å². The van der Waals surface area contributed by atoms with Crippen LogP contribution in [0, 0.1) is 11.3 Å². The van der Waals surface area contributed by atoms with E-state index in [1.165, 1.54) is 12.1 Å². The first-order valence-corrected chi connectivity index (χ1v) is 11.5. The van der Waals surface area contributed by atoms with Gasteiger partial charge in [-0.25, -0.2) is 4.98 Å². The summed E-state index contributed by atoms with van der Waals surface area (Å²) in [4.78, 5) is 6.96. The van der Waals surface area contributed by atoms with Gasteiger partial charge in [-0.15, -0.1) is 0 Å². The molecule has 0 unspecified atom stereocenters. The number of piperidine rings is 1. The molecule has 2 aromatic carbocycles. The zero-order valence-corrected chi connectivity index (χ0v) is 18.9. The van der Waals surface area contributed by atoms with Crippen LogP contribution in [0.2, 0.25) is 0 Å². The second kappa shape index (κ2) is 9.21. The number of imidazole rings is 1. The highest BCUT2D eigenvalue weighted by Gasteiger charge is 2.30. The lowest BCUT2D eigenvalue weighted by atomic mass is 10.00. The maximum absolute atomic E-state index is 13.1. The molecule has 0 radical (unpaired) electrons. The molecule has 6 nitrogen and oxygen atoms in total. The highest BCUT2D eigenvalue weighted by Crippen LogP contribution is 2.35. The zero-order chi connectivity index (χ0) is 24.6. The maximum atomic E-state index is 13.1. The number of aliphatic hydroxyl groups is 1. The average Bonchev–Trinajstić information content (AvgIpc) is 3.24. The number of alkyl halides is 3. The summed E-state index contributed by atoms with van der Waals surface area (Å²) in [5.41, 5.74) is 2.61. The SMILES string of the molecule is N#Cc1c(-c2ccc(C(F)(F)F)cc2)cc(NCCN2CCC(O)CC2)n2c1nc1ccccc12. The van der Waals surface area contributed by atoms with Crippen molar-refractivity contribution in [2.45, 2.75) is 25.1 Å². The van der Waals surface area contributed by atoms with E-state index in [9.17, 15) is 23.5 Å². The van der Waals surface area contributed by atoms with Gasteiger partial charge in [-0.3, -0.25) is 4.40 Å². The Morgan fingerprint density at radius 1 is 1.09 bits per heavy atom. The topological polar surface area (TPSA) is 76.6 Å². The van der Waals surface area contributed by atoms with Crippen molar-refractivity contribution in [3.05, 3.63) is 65.7 Å². The molecule has 0 bridgehead atoms. The van der Waals surface area contributed by atoms with Gasteiger partial charge in [0.25, 0.3) is 0 Å². The van der Waals surface area contributed by atoms with Gasteiger partial charge in [0.05, 0.1) is 22.7 Å². The Kier molecular flexibility index (Phi) is 6.09. The molecule has 4 aromatic rings. The number of nitriles is 1. The Morgan fingerprint density at radius 3 is 2.49 bits per heavy atom. The molecule has 0 amide bonds. The molecule has 0 atom stereocenters. The third-order valence-corrected chi connectivity index (χ3v) is 6.50. The van der Waals surface area contributed by atoms with Crippen LogP contribution in [-0.2, 0) is 6.18 Å². The Morgan fingerprint density at radius 2 is 1.80 bits per heavy atom. The summed E-state index contributed by atoms with van der Waals surface area (Å²) in [6, 6.07) is 16.4. The summed E-state index contributed by atoms with van der Waals surface area (Å²) in [5, 5.41) is 23.2. The number of benzene rings is 2. The average molecular weight is 480 g/mol. The van der Waals surface area contributed by atoms with Crippen LogP contribution in [0.3, 0.4) is 0 Å². The second-order valence-electron chi connectivity index (χ2n) is 8.76. The molecular formula is C26H24F3N5O. The van der Waals surface area contributed by atoms with E-state index in [2.05, 4.69) is 21.3 Å². The molecule has 1 saturated heterocycles. The molecule has 35 heavy (non-hydrogen) atoms. The fourth-order valence-corrected chi connectivity index (χ4v) is 4.62. The van der Waals surface area contributed by atoms with Crippen LogP contribution in [0.4, 0.5) is 19.0 Å². The van der Waals surface area contributed by atoms with Gasteiger partial charge in [-0.1, -0.05) is 24.3 Å². The summed E-state index contributed by atoms with van der Waals surface area (Å²) in [6.45, 7) is 3.05. The highest BCUT2D eigenvalue weighted by atomic mass is 19.4. The van der Waals surface area contributed by atoms with Crippen molar-refractivity contribution in [3.8, 4) is 17.2 Å². The van der Waals surface area contributed by atoms with Crippen LogP contribution in [0.5, 0.6) is 0 Å². The molecule has 2 aromatic heterocycles. The normalized spacial score (nSPS) is 15.5. The Balaban J connectivity index is 1.56. The van der Waals surface area contributed by atoms with Crippen molar-refractivity contribution >= 4 is 22.5 Å². The van der Waals surface area contributed by atoms with Gasteiger partial charge in [0, 0.05) is 31.7 Å². The number of nitrogens with one attached hydrogen (secondary N) is 1. The van der Waals surface area contributed by atoms with Crippen molar-refractivity contribution < 1.29 is 18.3 Å². The fraction of sp³-hybridized carbons (Fsp3) is 0.308. The first kappa shape index (κ1) is 23.1. The number of hydrogen-bond donors (Lipinski definition) is 2. The number of nitrogens with zero attached hydrogens (tertiary/aromatic N) is 4. The van der Waals surface area contributed by atoms with E-state index in [0.717, 1.165) is 55.6 Å². The van der Waals surface area contributed by atoms with E-state index in [1.54, 1.807) is 0 Å². The molecule has 3 heterocycles. The van der Waals surface area contributed by atoms with Crippen LogP contribution < -0.4 is 5.32 Å². The van der Waals surface area contributed by atoms with Crippen LogP contribution in [0.25, 0.3) is 27.8 Å². The number of likely N-dealkylation sites (tertiary alicyclic amines) is 1. The van der Waals surface area contributed by atoms with Crippen LogP contribution >= 0.6 is 0 Å². The van der Waals surface area contributed by atoms with E-state index < -0.39 is 11.7 Å². The number of fused-ring (bicyclic) bond motifs is 3. The molecule has 0 aliphatic carbocycles. The van der Waals surface area contributed by atoms with Gasteiger partial charge in [-0.2, -0.15) is 18.4 Å². The lowest BCUT2D eigenvalue weighted by Gasteiger charge is -2.29. The van der Waals surface area contributed by atoms with Crippen molar-refractivity contribution in [2.24, 2.45) is 0 Å². The standard InChI is InChI=1S/C26H24F3N5O/c27-26(28,29)18-7-5-17(6-8-18)20-15-24(31-11-14-33-12-9-19(35)10-13-33)34-23-4-2-1-3-22(23)32-25(34)21(20)16-30/h1-8,15,19,31,35H,9-14H2. The van der Waals surface area contributed by atoms with Crippen molar-refractivity contribution in [3.63, 3.8) is 0 Å². The van der Waals surface area contributed by atoms with Gasteiger partial charge in [0.15, 0.2) is 5.65 Å². The minimum Gasteiger partial charge on any atom is -0.393 e. The third-order valence-electron chi connectivity index (χ3n) is 6.50. The Labute approximate surface area is 200 Å². The molecular weight excluding hydrogens is 455 g/mol. The number of hydrogen-bond acceptors (Lipinski definition) is 5. The quantitative estimate of drug-likeness (QED) is 0.425. The number of rotatable bonds is 5. The third kappa shape index (κ3) is 4.55. The Hall–Kier alpha value is -3.61. The minimum atomic E-state index is -4.43. The van der Waals surface area contributed by atoms with Gasteiger partial charge < -0.3 is 15.3 Å². The van der Waals surface area contributed by atoms with Crippen LogP contribution in [0.1, 0.15) is 24.0 Å². The number of pyridine rings is 1. The molecule has 0 saturated carbocycles. The number of aliphatic hydroxyl groups excluding tert-OH is 1. The van der Waals surface area contributed by atoms with Crippen molar-refractivity contribution in [2.75, 3.05) is 31.5 Å². The Bertz CT molecular complexity index is 1400. The monoisotopic (exact) mass is 479 g/mol. The lowest BCUT2D eigenvalue weighted by Crippen LogP contribution is -2.38. The van der Waals surface area contributed by atoms with E-state index in [0.29, 0.717) is 34.7 Å². The van der Waals surface area contributed by atoms with Gasteiger partial charge in [-0.05, 0) is 48.7 Å². The highest BCUT2D eigenvalue weighted by molar-refractivity contribution is 5.89. The van der Waals surface area contributed by atoms with E-state index in [-0.39, 0.29) is 6.10 Å². The van der Waals surface area contributed by atoms with Gasteiger partial charge in [0.1, 0.15) is 17.5 Å². The molecule has 2 N–H and O–H groups in total. The molecule has 1 aliphatic heterocycles. The summed E-state index contributed by atoms with van der Waals surface area (Å²) in [7, 11) is 0. The number of aromatic nitrogens is 2. The number of para-hydroxylation sites is 2. The smallest absolute Gasteiger partial charge is 0.393 e. The molecule has 0 spiro atoms.